The van der Waals surface area contributed by atoms with Crippen molar-refractivity contribution in [3.8, 4) is 0 Å². The Bertz CT molecular complexity index is 191. The minimum atomic E-state index is 0.145. The largest absolute Gasteiger partial charge is 0.329 e. The third-order valence-corrected chi connectivity index (χ3v) is 3.65. The van der Waals surface area contributed by atoms with Gasteiger partial charge in [-0.2, -0.15) is 0 Å². The lowest BCUT2D eigenvalue weighted by Crippen LogP contribution is -2.55. The van der Waals surface area contributed by atoms with Crippen LogP contribution in [0.25, 0.3) is 0 Å². The van der Waals surface area contributed by atoms with Gasteiger partial charge >= 0.3 is 0 Å². The molecule has 2 N–H and O–H groups in total. The first-order valence-electron chi connectivity index (χ1n) is 6.16. The Kier molecular flexibility index (Phi) is 4.56. The third kappa shape index (κ3) is 3.16. The molecule has 1 heterocycles. The van der Waals surface area contributed by atoms with Gasteiger partial charge in [-0.25, -0.2) is 0 Å². The van der Waals surface area contributed by atoms with Crippen LogP contribution in [0.3, 0.4) is 0 Å². The Labute approximate surface area is 94.6 Å². The van der Waals surface area contributed by atoms with E-state index >= 15 is 0 Å². The van der Waals surface area contributed by atoms with Gasteiger partial charge in [0.15, 0.2) is 0 Å². The predicted octanol–water partition coefficient (Wildman–Crippen LogP) is 1.14. The number of likely N-dealkylation sites (N-methyl/N-ethyl adjacent to an activating group) is 1. The van der Waals surface area contributed by atoms with E-state index in [4.69, 9.17) is 5.73 Å². The zero-order valence-corrected chi connectivity index (χ0v) is 10.8. The van der Waals surface area contributed by atoms with Crippen molar-refractivity contribution in [3.05, 3.63) is 0 Å². The molecule has 1 fully saturated rings. The molecular weight excluding hydrogens is 186 g/mol. The zero-order chi connectivity index (χ0) is 11.5. The maximum absolute atomic E-state index is 5.88. The van der Waals surface area contributed by atoms with E-state index in [2.05, 4.69) is 37.6 Å². The molecule has 1 atom stereocenters. The van der Waals surface area contributed by atoms with E-state index in [0.29, 0.717) is 6.04 Å². The first-order chi connectivity index (χ1) is 7.01. The maximum Gasteiger partial charge on any atom is 0.0278 e. The lowest BCUT2D eigenvalue weighted by atomic mass is 9.99. The Morgan fingerprint density at radius 2 is 2.00 bits per heavy atom. The average molecular weight is 213 g/mol. The van der Waals surface area contributed by atoms with E-state index < -0.39 is 0 Å². The molecule has 0 radical (unpaired) electrons. The first kappa shape index (κ1) is 12.9. The highest BCUT2D eigenvalue weighted by Crippen LogP contribution is 2.21. The van der Waals surface area contributed by atoms with Crippen molar-refractivity contribution in [2.75, 3.05) is 33.2 Å². The third-order valence-electron chi connectivity index (χ3n) is 3.65. The van der Waals surface area contributed by atoms with E-state index in [-0.39, 0.29) is 5.54 Å². The molecule has 0 aromatic carbocycles. The van der Waals surface area contributed by atoms with Crippen molar-refractivity contribution in [2.24, 2.45) is 5.73 Å². The van der Waals surface area contributed by atoms with Crippen LogP contribution in [0.15, 0.2) is 0 Å². The Morgan fingerprint density at radius 1 is 1.33 bits per heavy atom. The average Bonchev–Trinajstić information content (AvgIpc) is 2.39. The Morgan fingerprint density at radius 3 is 2.53 bits per heavy atom. The molecule has 0 saturated carbocycles. The van der Waals surface area contributed by atoms with Gasteiger partial charge in [0.1, 0.15) is 0 Å². The minimum absolute atomic E-state index is 0.145. The van der Waals surface area contributed by atoms with Gasteiger partial charge < -0.3 is 10.6 Å². The summed E-state index contributed by atoms with van der Waals surface area (Å²) < 4.78 is 0. The molecule has 1 aliphatic heterocycles. The van der Waals surface area contributed by atoms with Gasteiger partial charge in [-0.1, -0.05) is 6.92 Å². The topological polar surface area (TPSA) is 32.5 Å². The minimum Gasteiger partial charge on any atom is -0.329 e. The molecule has 15 heavy (non-hydrogen) atoms. The maximum atomic E-state index is 5.88. The van der Waals surface area contributed by atoms with E-state index in [9.17, 15) is 0 Å². The molecule has 1 unspecified atom stereocenters. The van der Waals surface area contributed by atoms with Crippen LogP contribution in [-0.4, -0.2) is 54.6 Å². The summed E-state index contributed by atoms with van der Waals surface area (Å²) in [5.74, 6) is 0. The van der Waals surface area contributed by atoms with Crippen LogP contribution >= 0.6 is 0 Å². The lowest BCUT2D eigenvalue weighted by Gasteiger charge is -2.42. The molecule has 0 amide bonds. The summed E-state index contributed by atoms with van der Waals surface area (Å²) in [4.78, 5) is 5.05. The fourth-order valence-electron chi connectivity index (χ4n) is 2.51. The Balaban J connectivity index is 2.75. The molecular formula is C12H27N3. The quantitative estimate of drug-likeness (QED) is 0.763. The molecule has 0 bridgehead atoms. The summed E-state index contributed by atoms with van der Waals surface area (Å²) in [6.07, 6.45) is 2.48. The molecule has 3 heteroatoms. The highest BCUT2D eigenvalue weighted by Gasteiger charge is 2.32. The molecule has 0 aromatic rings. The van der Waals surface area contributed by atoms with Crippen LogP contribution in [0.2, 0.25) is 0 Å². The smallest absolute Gasteiger partial charge is 0.0278 e. The summed E-state index contributed by atoms with van der Waals surface area (Å²) in [6, 6.07) is 0.663. The van der Waals surface area contributed by atoms with Crippen molar-refractivity contribution in [3.63, 3.8) is 0 Å². The highest BCUT2D eigenvalue weighted by molar-refractivity contribution is 4.89. The summed E-state index contributed by atoms with van der Waals surface area (Å²) in [6.45, 7) is 11.1. The zero-order valence-electron chi connectivity index (χ0n) is 10.8. The standard InChI is InChI=1S/C12H27N3/c1-5-11-9-14(4)7-6-8-15(11)12(2,3)10-13/h11H,5-10,13H2,1-4H3. The van der Waals surface area contributed by atoms with E-state index in [1.54, 1.807) is 0 Å². The first-order valence-corrected chi connectivity index (χ1v) is 6.16. The van der Waals surface area contributed by atoms with Gasteiger partial charge in [-0.15, -0.1) is 0 Å². The van der Waals surface area contributed by atoms with Crippen LogP contribution in [0.5, 0.6) is 0 Å². The monoisotopic (exact) mass is 213 g/mol. The summed E-state index contributed by atoms with van der Waals surface area (Å²) in [5.41, 5.74) is 6.03. The van der Waals surface area contributed by atoms with Crippen molar-refractivity contribution < 1.29 is 0 Å². The lowest BCUT2D eigenvalue weighted by molar-refractivity contribution is 0.0732. The fraction of sp³-hybridized carbons (Fsp3) is 1.00. The molecule has 1 rings (SSSR count). The van der Waals surface area contributed by atoms with Crippen molar-refractivity contribution in [2.45, 2.75) is 45.2 Å². The number of nitrogens with two attached hydrogens (primary N) is 1. The summed E-state index contributed by atoms with van der Waals surface area (Å²) in [7, 11) is 2.22. The molecule has 0 aromatic heterocycles. The van der Waals surface area contributed by atoms with Gasteiger partial charge in [0.25, 0.3) is 0 Å². The molecule has 1 saturated heterocycles. The van der Waals surface area contributed by atoms with Gasteiger partial charge in [0, 0.05) is 31.2 Å². The van der Waals surface area contributed by atoms with E-state index in [1.165, 1.54) is 32.5 Å². The van der Waals surface area contributed by atoms with Crippen LogP contribution < -0.4 is 5.73 Å². The SMILES string of the molecule is CCC1CN(C)CCCN1C(C)(C)CN. The summed E-state index contributed by atoms with van der Waals surface area (Å²) >= 11 is 0. The molecule has 90 valence electrons. The van der Waals surface area contributed by atoms with Gasteiger partial charge in [-0.3, -0.25) is 4.90 Å². The van der Waals surface area contributed by atoms with E-state index in [0.717, 1.165) is 6.54 Å². The van der Waals surface area contributed by atoms with Crippen molar-refractivity contribution >= 4 is 0 Å². The molecule has 0 spiro atoms. The van der Waals surface area contributed by atoms with Crippen LogP contribution in [0.1, 0.15) is 33.6 Å². The Hall–Kier alpha value is -0.120. The summed E-state index contributed by atoms with van der Waals surface area (Å²) in [5, 5.41) is 0. The molecule has 3 nitrogen and oxygen atoms in total. The number of rotatable bonds is 3. The van der Waals surface area contributed by atoms with E-state index in [1.807, 2.05) is 0 Å². The van der Waals surface area contributed by atoms with Crippen LogP contribution in [0, 0.1) is 0 Å². The second kappa shape index (κ2) is 5.28. The molecule has 1 aliphatic rings. The highest BCUT2D eigenvalue weighted by atomic mass is 15.3. The normalized spacial score (nSPS) is 26.6. The van der Waals surface area contributed by atoms with Gasteiger partial charge in [0.2, 0.25) is 0 Å². The van der Waals surface area contributed by atoms with Crippen LogP contribution in [0.4, 0.5) is 0 Å². The van der Waals surface area contributed by atoms with Crippen molar-refractivity contribution in [1.82, 2.24) is 9.80 Å². The predicted molar refractivity (Wildman–Crippen MR) is 66.0 cm³/mol. The van der Waals surface area contributed by atoms with Crippen molar-refractivity contribution in [1.29, 1.82) is 0 Å². The fourth-order valence-corrected chi connectivity index (χ4v) is 2.51. The second-order valence-corrected chi connectivity index (χ2v) is 5.39. The van der Waals surface area contributed by atoms with Crippen LogP contribution in [-0.2, 0) is 0 Å². The van der Waals surface area contributed by atoms with Gasteiger partial charge in [0.05, 0.1) is 0 Å². The van der Waals surface area contributed by atoms with Gasteiger partial charge in [-0.05, 0) is 40.3 Å². The number of hydrogen-bond donors (Lipinski definition) is 1. The number of nitrogens with zero attached hydrogens (tertiary/aromatic N) is 2. The second-order valence-electron chi connectivity index (χ2n) is 5.39. The number of hydrogen-bond acceptors (Lipinski definition) is 3. The molecule has 0 aliphatic carbocycles.